The maximum atomic E-state index is 9.99. The summed E-state index contributed by atoms with van der Waals surface area (Å²) < 4.78 is 0. The molecule has 72 valence electrons. The van der Waals surface area contributed by atoms with Gasteiger partial charge in [0.2, 0.25) is 0 Å². The molecule has 0 spiro atoms. The molecule has 0 aliphatic carbocycles. The SMILES string of the molecule is CCCC(O)(CCC)/C(C)=N/O. The largest absolute Gasteiger partial charge is 0.411 e. The first-order valence-electron chi connectivity index (χ1n) is 4.52. The molecule has 0 unspecified atom stereocenters. The molecule has 0 bridgehead atoms. The molecular formula is C9H19NO2. The van der Waals surface area contributed by atoms with Gasteiger partial charge >= 0.3 is 0 Å². The van der Waals surface area contributed by atoms with Gasteiger partial charge in [0.1, 0.15) is 5.60 Å². The number of aliphatic hydroxyl groups is 1. The van der Waals surface area contributed by atoms with Gasteiger partial charge in [0.15, 0.2) is 0 Å². The van der Waals surface area contributed by atoms with Crippen LogP contribution < -0.4 is 0 Å². The van der Waals surface area contributed by atoms with E-state index in [1.54, 1.807) is 6.92 Å². The van der Waals surface area contributed by atoms with E-state index in [0.717, 1.165) is 12.8 Å². The van der Waals surface area contributed by atoms with Crippen molar-refractivity contribution in [3.63, 3.8) is 0 Å². The van der Waals surface area contributed by atoms with E-state index in [1.165, 1.54) is 0 Å². The normalized spacial score (nSPS) is 13.5. The predicted octanol–water partition coefficient (Wildman–Crippen LogP) is 2.17. The first kappa shape index (κ1) is 11.4. The van der Waals surface area contributed by atoms with Gasteiger partial charge in [-0.1, -0.05) is 31.8 Å². The van der Waals surface area contributed by atoms with Crippen LogP contribution in [0.1, 0.15) is 46.5 Å². The van der Waals surface area contributed by atoms with Crippen LogP contribution in [-0.2, 0) is 0 Å². The highest BCUT2D eigenvalue weighted by molar-refractivity contribution is 5.89. The Hall–Kier alpha value is -0.570. The Labute approximate surface area is 74.1 Å². The van der Waals surface area contributed by atoms with Gasteiger partial charge in [-0.25, -0.2) is 0 Å². The van der Waals surface area contributed by atoms with Gasteiger partial charge in [-0.05, 0) is 19.8 Å². The molecule has 2 N–H and O–H groups in total. The van der Waals surface area contributed by atoms with E-state index in [9.17, 15) is 5.11 Å². The van der Waals surface area contributed by atoms with Crippen LogP contribution in [0.4, 0.5) is 0 Å². The average molecular weight is 173 g/mol. The standard InChI is InChI=1S/C9H19NO2/c1-4-6-9(11,7-5-2)8(3)10-12/h11-12H,4-7H2,1-3H3/b10-8+. The lowest BCUT2D eigenvalue weighted by Crippen LogP contribution is -2.36. The third kappa shape index (κ3) is 2.81. The molecule has 0 saturated carbocycles. The molecule has 0 aliphatic heterocycles. The van der Waals surface area contributed by atoms with Gasteiger partial charge in [0.05, 0.1) is 5.71 Å². The van der Waals surface area contributed by atoms with Crippen LogP contribution in [0.5, 0.6) is 0 Å². The van der Waals surface area contributed by atoms with Gasteiger partial charge in [-0.3, -0.25) is 0 Å². The maximum Gasteiger partial charge on any atom is 0.106 e. The van der Waals surface area contributed by atoms with Crippen LogP contribution in [0.25, 0.3) is 0 Å². The average Bonchev–Trinajstić information content (AvgIpc) is 2.04. The van der Waals surface area contributed by atoms with Crippen molar-refractivity contribution >= 4 is 5.71 Å². The van der Waals surface area contributed by atoms with E-state index in [2.05, 4.69) is 5.16 Å². The Morgan fingerprint density at radius 2 is 1.67 bits per heavy atom. The molecule has 0 rings (SSSR count). The minimum atomic E-state index is -0.891. The molecule has 0 heterocycles. The quantitative estimate of drug-likeness (QED) is 0.380. The molecule has 3 heteroatoms. The maximum absolute atomic E-state index is 9.99. The molecule has 0 aromatic rings. The zero-order valence-electron chi connectivity index (χ0n) is 8.17. The third-order valence-electron chi connectivity index (χ3n) is 2.15. The number of oxime groups is 1. The van der Waals surface area contributed by atoms with Crippen LogP contribution in [0, 0.1) is 0 Å². The summed E-state index contributed by atoms with van der Waals surface area (Å²) in [5.74, 6) is 0. The number of rotatable bonds is 5. The van der Waals surface area contributed by atoms with Gasteiger partial charge in [-0.15, -0.1) is 0 Å². The smallest absolute Gasteiger partial charge is 0.106 e. The summed E-state index contributed by atoms with van der Waals surface area (Å²) in [6.45, 7) is 5.67. The lowest BCUT2D eigenvalue weighted by atomic mass is 9.88. The van der Waals surface area contributed by atoms with Crippen molar-refractivity contribution in [3.05, 3.63) is 0 Å². The molecule has 0 amide bonds. The molecule has 12 heavy (non-hydrogen) atoms. The number of hydrogen-bond donors (Lipinski definition) is 2. The Kier molecular flexibility index (Phi) is 4.90. The van der Waals surface area contributed by atoms with Gasteiger partial charge < -0.3 is 10.3 Å². The lowest BCUT2D eigenvalue weighted by Gasteiger charge is -2.26. The molecular weight excluding hydrogens is 154 g/mol. The van der Waals surface area contributed by atoms with Crippen molar-refractivity contribution < 1.29 is 10.3 Å². The third-order valence-corrected chi connectivity index (χ3v) is 2.15. The fraction of sp³-hybridized carbons (Fsp3) is 0.889. The molecule has 0 aromatic carbocycles. The van der Waals surface area contributed by atoms with Crippen LogP contribution >= 0.6 is 0 Å². The van der Waals surface area contributed by atoms with Crippen molar-refractivity contribution in [3.8, 4) is 0 Å². The minimum absolute atomic E-state index is 0.422. The molecule has 0 aliphatic rings. The van der Waals surface area contributed by atoms with E-state index < -0.39 is 5.60 Å². The van der Waals surface area contributed by atoms with Crippen molar-refractivity contribution in [2.75, 3.05) is 0 Å². The minimum Gasteiger partial charge on any atom is -0.411 e. The van der Waals surface area contributed by atoms with E-state index in [1.807, 2.05) is 13.8 Å². The monoisotopic (exact) mass is 173 g/mol. The molecule has 0 aromatic heterocycles. The number of nitrogens with zero attached hydrogens (tertiary/aromatic N) is 1. The Balaban J connectivity index is 4.37. The summed E-state index contributed by atoms with van der Waals surface area (Å²) in [7, 11) is 0. The summed E-state index contributed by atoms with van der Waals surface area (Å²) in [6.07, 6.45) is 3.11. The Bertz CT molecular complexity index is 149. The molecule has 0 atom stereocenters. The van der Waals surface area contributed by atoms with E-state index >= 15 is 0 Å². The van der Waals surface area contributed by atoms with Crippen molar-refractivity contribution in [2.24, 2.45) is 5.16 Å². The zero-order valence-corrected chi connectivity index (χ0v) is 8.17. The molecule has 0 radical (unpaired) electrons. The summed E-state index contributed by atoms with van der Waals surface area (Å²) in [5.41, 5.74) is -0.468. The van der Waals surface area contributed by atoms with Crippen molar-refractivity contribution in [2.45, 2.75) is 52.1 Å². The number of hydrogen-bond acceptors (Lipinski definition) is 3. The van der Waals surface area contributed by atoms with Crippen molar-refractivity contribution in [1.29, 1.82) is 0 Å². The Morgan fingerprint density at radius 3 is 1.92 bits per heavy atom. The topological polar surface area (TPSA) is 52.8 Å². The summed E-state index contributed by atoms with van der Waals surface area (Å²) in [5, 5.41) is 21.6. The Morgan fingerprint density at radius 1 is 1.25 bits per heavy atom. The van der Waals surface area contributed by atoms with E-state index in [0.29, 0.717) is 18.6 Å². The van der Waals surface area contributed by atoms with Crippen LogP contribution in [0.15, 0.2) is 5.16 Å². The van der Waals surface area contributed by atoms with Crippen LogP contribution in [-0.4, -0.2) is 21.6 Å². The highest BCUT2D eigenvalue weighted by atomic mass is 16.4. The second-order valence-corrected chi connectivity index (χ2v) is 3.22. The second-order valence-electron chi connectivity index (χ2n) is 3.22. The highest BCUT2D eigenvalue weighted by Crippen LogP contribution is 2.21. The lowest BCUT2D eigenvalue weighted by molar-refractivity contribution is 0.0863. The van der Waals surface area contributed by atoms with E-state index in [4.69, 9.17) is 5.21 Å². The van der Waals surface area contributed by atoms with Crippen molar-refractivity contribution in [1.82, 2.24) is 0 Å². The van der Waals surface area contributed by atoms with E-state index in [-0.39, 0.29) is 0 Å². The molecule has 3 nitrogen and oxygen atoms in total. The van der Waals surface area contributed by atoms with Gasteiger partial charge in [-0.2, -0.15) is 0 Å². The first-order valence-corrected chi connectivity index (χ1v) is 4.52. The van der Waals surface area contributed by atoms with Gasteiger partial charge in [0.25, 0.3) is 0 Å². The fourth-order valence-corrected chi connectivity index (χ4v) is 1.41. The fourth-order valence-electron chi connectivity index (χ4n) is 1.41. The molecule has 0 fully saturated rings. The predicted molar refractivity (Wildman–Crippen MR) is 49.7 cm³/mol. The highest BCUT2D eigenvalue weighted by Gasteiger charge is 2.28. The van der Waals surface area contributed by atoms with Gasteiger partial charge in [0, 0.05) is 0 Å². The second kappa shape index (κ2) is 5.14. The zero-order chi connectivity index (χ0) is 9.61. The summed E-state index contributed by atoms with van der Waals surface area (Å²) >= 11 is 0. The first-order chi connectivity index (χ1) is 5.60. The summed E-state index contributed by atoms with van der Waals surface area (Å²) in [4.78, 5) is 0. The van der Waals surface area contributed by atoms with Crippen LogP contribution in [0.3, 0.4) is 0 Å². The summed E-state index contributed by atoms with van der Waals surface area (Å²) in [6, 6.07) is 0. The molecule has 0 saturated heterocycles. The van der Waals surface area contributed by atoms with Crippen LogP contribution in [0.2, 0.25) is 0 Å².